The van der Waals surface area contributed by atoms with E-state index in [9.17, 15) is 9.59 Å². The first-order valence-corrected chi connectivity index (χ1v) is 7.68. The van der Waals surface area contributed by atoms with Crippen LogP contribution in [0.15, 0.2) is 48.5 Å². The van der Waals surface area contributed by atoms with Gasteiger partial charge in [0.05, 0.1) is 14.2 Å². The average molecular weight is 361 g/mol. The van der Waals surface area contributed by atoms with Crippen LogP contribution in [-0.4, -0.2) is 26.0 Å². The second-order valence-corrected chi connectivity index (χ2v) is 5.28. The highest BCUT2D eigenvalue weighted by atomic mass is 35.5. The summed E-state index contributed by atoms with van der Waals surface area (Å²) >= 11 is 5.99. The molecule has 0 radical (unpaired) electrons. The molecule has 0 aliphatic carbocycles. The van der Waals surface area contributed by atoms with Crippen LogP contribution in [0.1, 0.15) is 15.9 Å². The lowest BCUT2D eigenvalue weighted by molar-refractivity contribution is -0.117. The van der Waals surface area contributed by atoms with Gasteiger partial charge in [-0.1, -0.05) is 29.8 Å². The van der Waals surface area contributed by atoms with Crippen LogP contribution in [0.2, 0.25) is 5.02 Å². The van der Waals surface area contributed by atoms with E-state index in [1.807, 2.05) is 6.07 Å². The molecule has 0 saturated carbocycles. The summed E-state index contributed by atoms with van der Waals surface area (Å²) in [7, 11) is 2.98. The zero-order chi connectivity index (χ0) is 18.2. The topological polar surface area (TPSA) is 76.7 Å². The Morgan fingerprint density at radius 3 is 2.40 bits per heavy atom. The van der Waals surface area contributed by atoms with Gasteiger partial charge >= 0.3 is 0 Å². The van der Waals surface area contributed by atoms with Gasteiger partial charge in [0, 0.05) is 16.7 Å². The summed E-state index contributed by atoms with van der Waals surface area (Å²) < 4.78 is 10.2. The third kappa shape index (κ3) is 4.99. The van der Waals surface area contributed by atoms with E-state index in [2.05, 4.69) is 10.9 Å². The Bertz CT molecular complexity index is 805. The maximum atomic E-state index is 12.1. The number of carbonyl (C=O) groups is 2. The van der Waals surface area contributed by atoms with Crippen LogP contribution < -0.4 is 20.3 Å². The van der Waals surface area contributed by atoms with E-state index in [4.69, 9.17) is 21.1 Å². The molecule has 0 saturated heterocycles. The van der Waals surface area contributed by atoms with E-state index < -0.39 is 11.8 Å². The summed E-state index contributed by atoms with van der Waals surface area (Å²) in [6.07, 6.45) is 2.83. The third-order valence-corrected chi connectivity index (χ3v) is 3.61. The minimum Gasteiger partial charge on any atom is -0.493 e. The van der Waals surface area contributed by atoms with Crippen LogP contribution in [0.4, 0.5) is 0 Å². The van der Waals surface area contributed by atoms with Crippen LogP contribution in [-0.2, 0) is 4.79 Å². The number of rotatable bonds is 5. The van der Waals surface area contributed by atoms with Crippen LogP contribution >= 0.6 is 11.6 Å². The first kappa shape index (κ1) is 18.4. The van der Waals surface area contributed by atoms with Gasteiger partial charge in [0.25, 0.3) is 11.8 Å². The van der Waals surface area contributed by atoms with Crippen molar-refractivity contribution in [2.75, 3.05) is 14.2 Å². The number of ether oxygens (including phenoxy) is 2. The molecular weight excluding hydrogens is 344 g/mol. The standard InChI is InChI=1S/C18H17ClN2O4/c1-24-15-9-7-13(11-16(15)25-2)18(23)21-20-17(22)10-8-12-5-3-4-6-14(12)19/h3-11H,1-2H3,(H,20,22)(H,21,23). The van der Waals surface area contributed by atoms with E-state index in [0.717, 1.165) is 0 Å². The first-order chi connectivity index (χ1) is 12.0. The van der Waals surface area contributed by atoms with Gasteiger partial charge in [-0.05, 0) is 35.9 Å². The maximum absolute atomic E-state index is 12.1. The van der Waals surface area contributed by atoms with Gasteiger partial charge in [0.1, 0.15) is 0 Å². The van der Waals surface area contributed by atoms with Crippen LogP contribution in [0, 0.1) is 0 Å². The molecule has 0 spiro atoms. The molecule has 0 heterocycles. The van der Waals surface area contributed by atoms with Gasteiger partial charge in [0.15, 0.2) is 11.5 Å². The van der Waals surface area contributed by atoms with Crippen molar-refractivity contribution in [3.05, 3.63) is 64.7 Å². The molecule has 7 heteroatoms. The second-order valence-electron chi connectivity index (χ2n) is 4.87. The normalized spacial score (nSPS) is 10.4. The monoisotopic (exact) mass is 360 g/mol. The molecule has 2 aromatic rings. The van der Waals surface area contributed by atoms with Crippen LogP contribution in [0.3, 0.4) is 0 Å². The van der Waals surface area contributed by atoms with Crippen LogP contribution in [0.5, 0.6) is 11.5 Å². The molecule has 130 valence electrons. The van der Waals surface area contributed by atoms with Crippen molar-refractivity contribution >= 4 is 29.5 Å². The number of hydrazine groups is 1. The summed E-state index contributed by atoms with van der Waals surface area (Å²) in [5.41, 5.74) is 5.63. The molecule has 25 heavy (non-hydrogen) atoms. The van der Waals surface area contributed by atoms with Crippen molar-refractivity contribution in [2.24, 2.45) is 0 Å². The van der Waals surface area contributed by atoms with Crippen molar-refractivity contribution in [3.63, 3.8) is 0 Å². The smallest absolute Gasteiger partial charge is 0.269 e. The summed E-state index contributed by atoms with van der Waals surface area (Å²) in [6, 6.07) is 11.8. The highest BCUT2D eigenvalue weighted by Gasteiger charge is 2.11. The number of benzene rings is 2. The van der Waals surface area contributed by atoms with Crippen LogP contribution in [0.25, 0.3) is 6.08 Å². The van der Waals surface area contributed by atoms with Crippen molar-refractivity contribution in [1.29, 1.82) is 0 Å². The second kappa shape index (κ2) is 8.75. The molecule has 0 aliphatic heterocycles. The molecule has 2 rings (SSSR count). The summed E-state index contributed by atoms with van der Waals surface area (Å²) in [5, 5.41) is 0.529. The summed E-state index contributed by atoms with van der Waals surface area (Å²) in [4.78, 5) is 23.9. The fraction of sp³-hybridized carbons (Fsp3) is 0.111. The number of hydrogen-bond donors (Lipinski definition) is 2. The molecule has 0 fully saturated rings. The quantitative estimate of drug-likeness (QED) is 0.635. The fourth-order valence-corrected chi connectivity index (χ4v) is 2.18. The van der Waals surface area contributed by atoms with E-state index in [1.54, 1.807) is 36.4 Å². The molecule has 0 aliphatic rings. The fourth-order valence-electron chi connectivity index (χ4n) is 1.99. The average Bonchev–Trinajstić information content (AvgIpc) is 2.64. The summed E-state index contributed by atoms with van der Waals surface area (Å²) in [5.74, 6) is -0.0555. The lowest BCUT2D eigenvalue weighted by Crippen LogP contribution is -2.40. The van der Waals surface area contributed by atoms with Gasteiger partial charge in [-0.15, -0.1) is 0 Å². The molecule has 2 aromatic carbocycles. The molecule has 0 unspecified atom stereocenters. The number of amides is 2. The van der Waals surface area contributed by atoms with Crippen molar-refractivity contribution < 1.29 is 19.1 Å². The van der Waals surface area contributed by atoms with Gasteiger partial charge in [0.2, 0.25) is 0 Å². The van der Waals surface area contributed by atoms with Gasteiger partial charge in [-0.25, -0.2) is 0 Å². The number of hydrogen-bond acceptors (Lipinski definition) is 4. The zero-order valence-corrected chi connectivity index (χ0v) is 14.5. The number of nitrogens with one attached hydrogen (secondary N) is 2. The van der Waals surface area contributed by atoms with E-state index in [-0.39, 0.29) is 0 Å². The van der Waals surface area contributed by atoms with Crippen molar-refractivity contribution in [1.82, 2.24) is 10.9 Å². The van der Waals surface area contributed by atoms with Crippen molar-refractivity contribution in [3.8, 4) is 11.5 Å². The summed E-state index contributed by atoms with van der Waals surface area (Å²) in [6.45, 7) is 0. The van der Waals surface area contributed by atoms with E-state index in [1.165, 1.54) is 26.4 Å². The maximum Gasteiger partial charge on any atom is 0.269 e. The minimum atomic E-state index is -0.492. The predicted octanol–water partition coefficient (Wildman–Crippen LogP) is 2.83. The molecule has 0 bridgehead atoms. The third-order valence-electron chi connectivity index (χ3n) is 3.26. The molecule has 2 amide bonds. The van der Waals surface area contributed by atoms with E-state index in [0.29, 0.717) is 27.6 Å². The Labute approximate surface area is 150 Å². The Hall–Kier alpha value is -2.99. The SMILES string of the molecule is COc1ccc(C(=O)NNC(=O)C=Cc2ccccc2Cl)cc1OC. The Morgan fingerprint density at radius 1 is 1.00 bits per heavy atom. The molecule has 0 atom stereocenters. The van der Waals surface area contributed by atoms with Gasteiger partial charge < -0.3 is 9.47 Å². The molecule has 2 N–H and O–H groups in total. The Kier molecular flexibility index (Phi) is 6.42. The minimum absolute atomic E-state index is 0.313. The number of methoxy groups -OCH3 is 2. The van der Waals surface area contributed by atoms with Gasteiger partial charge in [-0.2, -0.15) is 0 Å². The van der Waals surface area contributed by atoms with Gasteiger partial charge in [-0.3, -0.25) is 20.4 Å². The predicted molar refractivity (Wildman–Crippen MR) is 95.6 cm³/mol. The molecule has 6 nitrogen and oxygen atoms in total. The lowest BCUT2D eigenvalue weighted by atomic mass is 10.2. The zero-order valence-electron chi connectivity index (χ0n) is 13.7. The molecular formula is C18H17ClN2O4. The van der Waals surface area contributed by atoms with Crippen molar-refractivity contribution in [2.45, 2.75) is 0 Å². The first-order valence-electron chi connectivity index (χ1n) is 7.30. The largest absolute Gasteiger partial charge is 0.493 e. The highest BCUT2D eigenvalue weighted by Crippen LogP contribution is 2.27. The lowest BCUT2D eigenvalue weighted by Gasteiger charge is -2.10. The van der Waals surface area contributed by atoms with E-state index >= 15 is 0 Å². The number of carbonyl (C=O) groups excluding carboxylic acids is 2. The number of halogens is 1. The molecule has 0 aromatic heterocycles. The highest BCUT2D eigenvalue weighted by molar-refractivity contribution is 6.32. The Morgan fingerprint density at radius 2 is 1.72 bits per heavy atom. The Balaban J connectivity index is 1.95.